The van der Waals surface area contributed by atoms with Gasteiger partial charge in [-0.1, -0.05) is 0 Å². The topological polar surface area (TPSA) is 0 Å². The van der Waals surface area contributed by atoms with Crippen LogP contribution in [0.4, 0.5) is 0 Å². The van der Waals surface area contributed by atoms with Gasteiger partial charge in [-0.15, -0.1) is 78.1 Å². The molecule has 0 aromatic carbocycles. The third-order valence-electron chi connectivity index (χ3n) is 0.766. The Kier molecular flexibility index (Phi) is 5.88. The normalized spacial score (nSPS) is 16.6. The highest BCUT2D eigenvalue weighted by molar-refractivity contribution is 7.68. The van der Waals surface area contributed by atoms with E-state index in [2.05, 4.69) is 0 Å². The van der Waals surface area contributed by atoms with Gasteiger partial charge in [-0.2, -0.15) is 0 Å². The van der Waals surface area contributed by atoms with Crippen molar-refractivity contribution in [3.05, 3.63) is 0 Å². The molecule has 0 aliphatic rings. The van der Waals surface area contributed by atoms with Crippen LogP contribution in [0.5, 0.6) is 0 Å². The van der Waals surface area contributed by atoms with Crippen LogP contribution in [0.3, 0.4) is 0 Å². The molecule has 0 N–H and O–H groups in total. The maximum absolute atomic E-state index is 5.69. The van der Waals surface area contributed by atoms with Crippen LogP contribution < -0.4 is 0 Å². The highest BCUT2D eigenvalue weighted by Crippen LogP contribution is 2.37. The molecule has 68 valence electrons. The van der Waals surface area contributed by atoms with E-state index >= 15 is 0 Å². The Hall–Kier alpha value is 2.46. The molecule has 1 atom stereocenters. The Morgan fingerprint density at radius 3 is 1.36 bits per heavy atom. The van der Waals surface area contributed by atoms with Gasteiger partial charge in [0.25, 0.3) is 0 Å². The third kappa shape index (κ3) is 7.53. The Labute approximate surface area is 100 Å². The second-order valence-electron chi connectivity index (χ2n) is 1.83. The van der Waals surface area contributed by atoms with Gasteiger partial charge in [0.15, 0.2) is 0 Å². The fourth-order valence-electron chi connectivity index (χ4n) is 0.319. The van der Waals surface area contributed by atoms with Crippen molar-refractivity contribution >= 4 is 90.1 Å². The summed E-state index contributed by atoms with van der Waals surface area (Å²) in [5.41, 5.74) is 0. The monoisotopic (exact) mass is 328 g/mol. The first-order valence-corrected chi connectivity index (χ1v) is 13.2. The summed E-state index contributed by atoms with van der Waals surface area (Å²) in [6.45, 7) is 0. The van der Waals surface area contributed by atoms with Crippen molar-refractivity contribution in [3.63, 3.8) is 0 Å². The van der Waals surface area contributed by atoms with Crippen LogP contribution in [0.1, 0.15) is 0 Å². The standard InChI is InChI=1S/C2H3Cl7Si2/c3-2(11(7,8)9)1-10(4,5)6/h2H,1H2. The molecule has 0 amide bonds. The van der Waals surface area contributed by atoms with Crippen molar-refractivity contribution in [1.29, 1.82) is 0 Å². The van der Waals surface area contributed by atoms with Crippen molar-refractivity contribution in [2.45, 2.75) is 11.0 Å². The summed E-state index contributed by atoms with van der Waals surface area (Å²) in [5.74, 6) is 0. The van der Waals surface area contributed by atoms with Gasteiger partial charge >= 0.3 is 12.0 Å². The molecule has 0 heterocycles. The minimum atomic E-state index is -2.91. The van der Waals surface area contributed by atoms with Gasteiger partial charge in [-0.25, -0.2) is 0 Å². The van der Waals surface area contributed by atoms with Crippen molar-refractivity contribution in [1.82, 2.24) is 0 Å². The highest BCUT2D eigenvalue weighted by atomic mass is 35.8. The van der Waals surface area contributed by atoms with Gasteiger partial charge in [0.2, 0.25) is 0 Å². The molecule has 0 aromatic heterocycles. The lowest BCUT2D eigenvalue weighted by Gasteiger charge is -2.17. The molecule has 0 saturated heterocycles. The Morgan fingerprint density at radius 1 is 0.909 bits per heavy atom. The molecule has 11 heavy (non-hydrogen) atoms. The Bertz CT molecular complexity index is 123. The van der Waals surface area contributed by atoms with Crippen molar-refractivity contribution in [3.8, 4) is 0 Å². The first kappa shape index (κ1) is 13.5. The smallest absolute Gasteiger partial charge is 0.126 e. The number of halogens is 7. The summed E-state index contributed by atoms with van der Waals surface area (Å²) in [5, 5.41) is -0.619. The van der Waals surface area contributed by atoms with Crippen LogP contribution in [0.2, 0.25) is 6.04 Å². The van der Waals surface area contributed by atoms with Crippen LogP contribution in [0.15, 0.2) is 0 Å². The summed E-state index contributed by atoms with van der Waals surface area (Å²) in [4.78, 5) is 0. The lowest BCUT2D eigenvalue weighted by molar-refractivity contribution is 1.33. The minimum Gasteiger partial charge on any atom is -0.126 e. The Morgan fingerprint density at radius 2 is 1.27 bits per heavy atom. The molecule has 0 nitrogen and oxygen atoms in total. The summed E-state index contributed by atoms with van der Waals surface area (Å²) in [7, 11) is 0. The van der Waals surface area contributed by atoms with Crippen molar-refractivity contribution < 1.29 is 0 Å². The fraction of sp³-hybridized carbons (Fsp3) is 1.00. The summed E-state index contributed by atoms with van der Waals surface area (Å²) in [6, 6.07) is -5.49. The van der Waals surface area contributed by atoms with Gasteiger partial charge in [-0.05, 0) is 0 Å². The van der Waals surface area contributed by atoms with Crippen LogP contribution in [-0.4, -0.2) is 17.0 Å². The number of hydrogen-bond donors (Lipinski definition) is 0. The molecular formula is C2H3Cl7Si2. The summed E-state index contributed by atoms with van der Waals surface area (Å²) >= 11 is 39.1. The first-order valence-electron chi connectivity index (χ1n) is 2.40. The van der Waals surface area contributed by atoms with Crippen molar-refractivity contribution in [2.75, 3.05) is 0 Å². The molecule has 0 bridgehead atoms. The first-order chi connectivity index (χ1) is 4.63. The lowest BCUT2D eigenvalue weighted by Crippen LogP contribution is -2.31. The van der Waals surface area contributed by atoms with E-state index in [1.54, 1.807) is 0 Å². The number of hydrogen-bond acceptors (Lipinski definition) is 0. The average molecular weight is 331 g/mol. The van der Waals surface area contributed by atoms with E-state index in [9.17, 15) is 0 Å². The predicted octanol–water partition coefficient (Wildman–Crippen LogP) is 4.44. The van der Waals surface area contributed by atoms with Crippen LogP contribution >= 0.6 is 78.1 Å². The maximum Gasteiger partial charge on any atom is 0.358 e. The molecular weight excluding hydrogens is 328 g/mol. The second-order valence-corrected chi connectivity index (χ2v) is 20.8. The molecule has 0 fully saturated rings. The number of alkyl halides is 1. The third-order valence-corrected chi connectivity index (χ3v) is 9.12. The molecule has 0 aliphatic carbocycles. The van der Waals surface area contributed by atoms with E-state index in [1.807, 2.05) is 0 Å². The van der Waals surface area contributed by atoms with Crippen LogP contribution in [0.25, 0.3) is 0 Å². The van der Waals surface area contributed by atoms with E-state index in [0.29, 0.717) is 0 Å². The average Bonchev–Trinajstić information content (AvgIpc) is 1.56. The van der Waals surface area contributed by atoms with Gasteiger partial charge in [0, 0.05) is 6.04 Å². The van der Waals surface area contributed by atoms with Crippen molar-refractivity contribution in [2.24, 2.45) is 0 Å². The quantitative estimate of drug-likeness (QED) is 0.407. The van der Waals surface area contributed by atoms with Crippen LogP contribution in [0, 0.1) is 0 Å². The van der Waals surface area contributed by atoms with Gasteiger partial charge in [0.05, 0.1) is 5.00 Å². The largest absolute Gasteiger partial charge is 0.358 e. The molecule has 0 rings (SSSR count). The van der Waals surface area contributed by atoms with E-state index in [4.69, 9.17) is 78.1 Å². The molecule has 1 unspecified atom stereocenters. The van der Waals surface area contributed by atoms with E-state index in [1.165, 1.54) is 0 Å². The fourth-order valence-corrected chi connectivity index (χ4v) is 8.61. The predicted molar refractivity (Wildman–Crippen MR) is 61.1 cm³/mol. The molecule has 9 heteroatoms. The second kappa shape index (κ2) is 4.80. The summed E-state index contributed by atoms with van der Waals surface area (Å²) in [6.07, 6.45) is 0. The summed E-state index contributed by atoms with van der Waals surface area (Å²) < 4.78 is 0. The van der Waals surface area contributed by atoms with E-state index in [0.717, 1.165) is 0 Å². The maximum atomic E-state index is 5.69. The molecule has 0 spiro atoms. The van der Waals surface area contributed by atoms with E-state index < -0.39 is 17.0 Å². The zero-order valence-electron chi connectivity index (χ0n) is 4.93. The SMILES string of the molecule is ClC(C[Si](Cl)(Cl)Cl)[Si](Cl)(Cl)Cl. The Balaban J connectivity index is 3.99. The molecule has 0 saturated carbocycles. The number of rotatable bonds is 3. The zero-order valence-corrected chi connectivity index (χ0v) is 12.2. The van der Waals surface area contributed by atoms with E-state index in [-0.39, 0.29) is 6.04 Å². The lowest BCUT2D eigenvalue weighted by atomic mass is 10.9. The molecule has 0 aliphatic heterocycles. The van der Waals surface area contributed by atoms with Gasteiger partial charge in [-0.3, -0.25) is 0 Å². The van der Waals surface area contributed by atoms with Crippen LogP contribution in [-0.2, 0) is 0 Å². The zero-order chi connectivity index (χ0) is 9.28. The highest BCUT2D eigenvalue weighted by Gasteiger charge is 2.41. The molecule has 0 radical (unpaired) electrons. The minimum absolute atomic E-state index is 0.182. The molecule has 0 aromatic rings. The van der Waals surface area contributed by atoms with Gasteiger partial charge < -0.3 is 0 Å². The van der Waals surface area contributed by atoms with Gasteiger partial charge in [0.1, 0.15) is 0 Å².